The van der Waals surface area contributed by atoms with Gasteiger partial charge in [0.2, 0.25) is 0 Å². The number of amides is 1. The van der Waals surface area contributed by atoms with Crippen LogP contribution >= 0.6 is 0 Å². The highest BCUT2D eigenvalue weighted by atomic mass is 16.5. The van der Waals surface area contributed by atoms with Gasteiger partial charge in [-0.2, -0.15) is 9.97 Å². The molecular weight excluding hydrogens is 384 g/mol. The van der Waals surface area contributed by atoms with Crippen LogP contribution in [-0.2, 0) is 13.0 Å². The molecule has 0 saturated heterocycles. The molecule has 0 spiro atoms. The Morgan fingerprint density at radius 2 is 1.93 bits per heavy atom. The van der Waals surface area contributed by atoms with Crippen molar-refractivity contribution in [2.45, 2.75) is 59.5 Å². The van der Waals surface area contributed by atoms with Gasteiger partial charge < -0.3 is 25.2 Å². The molecule has 1 aliphatic heterocycles. The Hall–Kier alpha value is -3.03. The van der Waals surface area contributed by atoms with Crippen LogP contribution in [0.4, 0.5) is 5.82 Å². The molecule has 3 rings (SSSR count). The molecule has 1 aliphatic rings. The van der Waals surface area contributed by atoms with Crippen LogP contribution in [0.25, 0.3) is 0 Å². The third kappa shape index (κ3) is 4.42. The van der Waals surface area contributed by atoms with Gasteiger partial charge in [0.05, 0.1) is 24.4 Å². The van der Waals surface area contributed by atoms with Crippen LogP contribution in [0.3, 0.4) is 0 Å². The first-order valence-corrected chi connectivity index (χ1v) is 10.4. The van der Waals surface area contributed by atoms with Crippen molar-refractivity contribution in [1.29, 1.82) is 0 Å². The van der Waals surface area contributed by atoms with Crippen molar-refractivity contribution in [2.24, 2.45) is 0 Å². The second kappa shape index (κ2) is 8.77. The quantitative estimate of drug-likeness (QED) is 0.665. The molecule has 8 nitrogen and oxygen atoms in total. The van der Waals surface area contributed by atoms with Crippen molar-refractivity contribution in [2.75, 3.05) is 18.5 Å². The predicted octanol–water partition coefficient (Wildman–Crippen LogP) is 3.43. The molecule has 0 radical (unpaired) electrons. The van der Waals surface area contributed by atoms with Crippen LogP contribution < -0.4 is 10.1 Å². The van der Waals surface area contributed by atoms with Crippen molar-refractivity contribution in [3.05, 3.63) is 34.5 Å². The Bertz CT molecular complexity index is 943. The number of phenols is 2. The lowest BCUT2D eigenvalue weighted by atomic mass is 9.97. The second-order valence-corrected chi connectivity index (χ2v) is 8.07. The Morgan fingerprint density at radius 1 is 1.20 bits per heavy atom. The van der Waals surface area contributed by atoms with E-state index in [2.05, 4.69) is 15.3 Å². The lowest BCUT2D eigenvalue weighted by Gasteiger charge is -2.30. The van der Waals surface area contributed by atoms with Gasteiger partial charge in [-0.3, -0.25) is 4.79 Å². The standard InChI is InChI=1S/C22H30N4O4/c1-6-30-22-24-17-7-8-26(11-16(17)20(25-22)23-13(4)5)21(29)15-9-14(12(2)3)18(27)10-19(15)28/h9-10,12-13,27-28H,6-8,11H2,1-5H3,(H,23,24,25). The second-order valence-electron chi connectivity index (χ2n) is 8.07. The maximum atomic E-state index is 13.2. The molecule has 0 bridgehead atoms. The van der Waals surface area contributed by atoms with Crippen LogP contribution in [0.15, 0.2) is 12.1 Å². The van der Waals surface area contributed by atoms with Gasteiger partial charge >= 0.3 is 6.01 Å². The van der Waals surface area contributed by atoms with Gasteiger partial charge in [0, 0.05) is 30.6 Å². The van der Waals surface area contributed by atoms with Crippen molar-refractivity contribution >= 4 is 11.7 Å². The van der Waals surface area contributed by atoms with Crippen LogP contribution in [0.2, 0.25) is 0 Å². The number of rotatable bonds is 6. The van der Waals surface area contributed by atoms with E-state index in [4.69, 9.17) is 4.74 Å². The zero-order valence-electron chi connectivity index (χ0n) is 18.2. The fourth-order valence-corrected chi connectivity index (χ4v) is 3.55. The number of carbonyl (C=O) groups excluding carboxylic acids is 1. The molecule has 1 amide bonds. The number of hydrogen-bond acceptors (Lipinski definition) is 7. The number of aromatic nitrogens is 2. The van der Waals surface area contributed by atoms with Crippen molar-refractivity contribution in [3.63, 3.8) is 0 Å². The van der Waals surface area contributed by atoms with Gasteiger partial charge in [-0.1, -0.05) is 13.8 Å². The number of nitrogens with zero attached hydrogens (tertiary/aromatic N) is 3. The number of aromatic hydroxyl groups is 2. The lowest BCUT2D eigenvalue weighted by Crippen LogP contribution is -2.37. The summed E-state index contributed by atoms with van der Waals surface area (Å²) in [5.74, 6) is 0.157. The number of anilines is 1. The molecule has 1 aromatic carbocycles. The molecule has 162 valence electrons. The number of carbonyl (C=O) groups is 1. The molecule has 0 unspecified atom stereocenters. The van der Waals surface area contributed by atoms with Gasteiger partial charge in [-0.05, 0) is 38.3 Å². The van der Waals surface area contributed by atoms with E-state index in [1.165, 1.54) is 6.07 Å². The van der Waals surface area contributed by atoms with Gasteiger partial charge in [-0.25, -0.2) is 0 Å². The fraction of sp³-hybridized carbons (Fsp3) is 0.500. The van der Waals surface area contributed by atoms with Gasteiger partial charge in [0.1, 0.15) is 17.3 Å². The van der Waals surface area contributed by atoms with Crippen LogP contribution in [-0.4, -0.2) is 50.2 Å². The number of ether oxygens (including phenoxy) is 1. The highest BCUT2D eigenvalue weighted by Crippen LogP contribution is 2.34. The van der Waals surface area contributed by atoms with Crippen LogP contribution in [0.5, 0.6) is 17.5 Å². The SMILES string of the molecule is CCOc1nc2c(c(NC(C)C)n1)CN(C(=O)c1cc(C(C)C)c(O)cc1O)CC2. The minimum absolute atomic E-state index is 0.0108. The molecular formula is C22H30N4O4. The Balaban J connectivity index is 1.94. The monoisotopic (exact) mass is 414 g/mol. The van der Waals surface area contributed by atoms with E-state index in [1.54, 1.807) is 11.0 Å². The summed E-state index contributed by atoms with van der Waals surface area (Å²) in [7, 11) is 0. The van der Waals surface area contributed by atoms with Gasteiger partial charge in [0.25, 0.3) is 5.91 Å². The van der Waals surface area contributed by atoms with Gasteiger partial charge in [0.15, 0.2) is 0 Å². The average molecular weight is 415 g/mol. The minimum Gasteiger partial charge on any atom is -0.508 e. The first-order valence-electron chi connectivity index (χ1n) is 10.4. The van der Waals surface area contributed by atoms with E-state index >= 15 is 0 Å². The van der Waals surface area contributed by atoms with Crippen LogP contribution in [0.1, 0.15) is 67.7 Å². The Kier molecular flexibility index (Phi) is 6.34. The van der Waals surface area contributed by atoms with Crippen molar-refractivity contribution < 1.29 is 19.7 Å². The average Bonchev–Trinajstić information content (AvgIpc) is 2.67. The van der Waals surface area contributed by atoms with Crippen molar-refractivity contribution in [3.8, 4) is 17.5 Å². The number of nitrogens with one attached hydrogen (secondary N) is 1. The lowest BCUT2D eigenvalue weighted by molar-refractivity contribution is 0.0730. The highest BCUT2D eigenvalue weighted by molar-refractivity contribution is 5.97. The van der Waals surface area contributed by atoms with E-state index < -0.39 is 0 Å². The van der Waals surface area contributed by atoms with Gasteiger partial charge in [-0.15, -0.1) is 0 Å². The smallest absolute Gasteiger partial charge is 0.318 e. The number of phenolic OH excluding ortho intramolecular Hbond substituents is 2. The first-order chi connectivity index (χ1) is 14.2. The third-order valence-electron chi connectivity index (χ3n) is 5.02. The fourth-order valence-electron chi connectivity index (χ4n) is 3.55. The molecule has 8 heteroatoms. The molecule has 2 heterocycles. The predicted molar refractivity (Wildman–Crippen MR) is 114 cm³/mol. The summed E-state index contributed by atoms with van der Waals surface area (Å²) < 4.78 is 5.50. The maximum Gasteiger partial charge on any atom is 0.318 e. The Morgan fingerprint density at radius 3 is 2.57 bits per heavy atom. The minimum atomic E-state index is -0.288. The third-order valence-corrected chi connectivity index (χ3v) is 5.02. The maximum absolute atomic E-state index is 13.2. The summed E-state index contributed by atoms with van der Waals surface area (Å²) in [6, 6.07) is 3.30. The van der Waals surface area contributed by atoms with Crippen molar-refractivity contribution in [1.82, 2.24) is 14.9 Å². The Labute approximate surface area is 176 Å². The van der Waals surface area contributed by atoms with E-state index in [1.807, 2.05) is 34.6 Å². The summed E-state index contributed by atoms with van der Waals surface area (Å²) in [6.45, 7) is 11.0. The first kappa shape index (κ1) is 21.7. The van der Waals surface area contributed by atoms with Crippen LogP contribution in [0, 0.1) is 0 Å². The number of benzene rings is 1. The summed E-state index contributed by atoms with van der Waals surface area (Å²) in [5, 5.41) is 23.7. The molecule has 0 aliphatic carbocycles. The van der Waals surface area contributed by atoms with E-state index in [0.29, 0.717) is 43.5 Å². The zero-order valence-corrected chi connectivity index (χ0v) is 18.2. The zero-order chi connectivity index (χ0) is 22.0. The molecule has 0 saturated carbocycles. The summed E-state index contributed by atoms with van der Waals surface area (Å²) >= 11 is 0. The largest absolute Gasteiger partial charge is 0.508 e. The summed E-state index contributed by atoms with van der Waals surface area (Å²) in [5.41, 5.74) is 2.53. The van der Waals surface area contributed by atoms with E-state index in [0.717, 1.165) is 11.3 Å². The molecule has 0 atom stereocenters. The number of fused-ring (bicyclic) bond motifs is 1. The number of hydrogen-bond donors (Lipinski definition) is 3. The normalized spacial score (nSPS) is 13.5. The van der Waals surface area contributed by atoms with E-state index in [9.17, 15) is 15.0 Å². The molecule has 30 heavy (non-hydrogen) atoms. The summed E-state index contributed by atoms with van der Waals surface area (Å²) in [4.78, 5) is 23.9. The molecule has 3 N–H and O–H groups in total. The van der Waals surface area contributed by atoms with E-state index in [-0.39, 0.29) is 34.9 Å². The summed E-state index contributed by atoms with van der Waals surface area (Å²) in [6.07, 6.45) is 0.562. The molecule has 2 aromatic rings. The highest BCUT2D eigenvalue weighted by Gasteiger charge is 2.29. The molecule has 0 fully saturated rings. The topological polar surface area (TPSA) is 108 Å². The molecule has 1 aromatic heterocycles.